The number of aryl methyl sites for hydroxylation is 1. The molecule has 4 nitrogen and oxygen atoms in total. The molecule has 4 heteroatoms. The maximum atomic E-state index is 11.1. The molecule has 0 aromatic heterocycles. The number of carbonyl (C=O) groups is 1. The van der Waals surface area contributed by atoms with Crippen molar-refractivity contribution in [2.24, 2.45) is 0 Å². The molecule has 1 N–H and O–H groups in total. The topological polar surface area (TPSA) is 70.3 Å². The van der Waals surface area contributed by atoms with Crippen LogP contribution in [-0.4, -0.2) is 17.7 Å². The summed E-state index contributed by atoms with van der Waals surface area (Å²) in [7, 11) is 0. The summed E-state index contributed by atoms with van der Waals surface area (Å²) >= 11 is 0. The Morgan fingerprint density at radius 3 is 2.65 bits per heavy atom. The van der Waals surface area contributed by atoms with Gasteiger partial charge in [-0.1, -0.05) is 13.8 Å². The molecule has 0 atom stereocenters. The number of hydrogen-bond acceptors (Lipinski definition) is 3. The highest BCUT2D eigenvalue weighted by molar-refractivity contribution is 5.91. The average Bonchev–Trinajstić information content (AvgIpc) is 2.34. The van der Waals surface area contributed by atoms with Gasteiger partial charge in [-0.05, 0) is 30.5 Å². The SMILES string of the molecule is CCCOc1cc(CC)c(C#N)cc1C(=O)O. The summed E-state index contributed by atoms with van der Waals surface area (Å²) in [5.41, 5.74) is 1.25. The molecule has 0 saturated carbocycles. The zero-order chi connectivity index (χ0) is 12.8. The lowest BCUT2D eigenvalue weighted by molar-refractivity contribution is 0.0692. The fourth-order valence-corrected chi connectivity index (χ4v) is 1.52. The Morgan fingerprint density at radius 2 is 2.18 bits per heavy atom. The van der Waals surface area contributed by atoms with Crippen molar-refractivity contribution in [3.8, 4) is 11.8 Å². The van der Waals surface area contributed by atoms with Crippen LogP contribution < -0.4 is 4.74 Å². The Hall–Kier alpha value is -2.02. The Balaban J connectivity index is 3.26. The van der Waals surface area contributed by atoms with Gasteiger partial charge in [0.1, 0.15) is 11.3 Å². The molecule has 0 saturated heterocycles. The fourth-order valence-electron chi connectivity index (χ4n) is 1.52. The summed E-state index contributed by atoms with van der Waals surface area (Å²) in [6.07, 6.45) is 1.48. The van der Waals surface area contributed by atoms with Gasteiger partial charge >= 0.3 is 5.97 Å². The van der Waals surface area contributed by atoms with Gasteiger partial charge in [0.25, 0.3) is 0 Å². The molecule has 0 spiro atoms. The molecule has 17 heavy (non-hydrogen) atoms. The van der Waals surface area contributed by atoms with E-state index in [1.807, 2.05) is 19.9 Å². The van der Waals surface area contributed by atoms with Gasteiger partial charge in [-0.15, -0.1) is 0 Å². The normalized spacial score (nSPS) is 9.71. The Morgan fingerprint density at radius 1 is 1.47 bits per heavy atom. The van der Waals surface area contributed by atoms with Crippen molar-refractivity contribution in [1.82, 2.24) is 0 Å². The highest BCUT2D eigenvalue weighted by Gasteiger charge is 2.15. The van der Waals surface area contributed by atoms with E-state index in [1.54, 1.807) is 6.07 Å². The van der Waals surface area contributed by atoms with Crippen molar-refractivity contribution in [1.29, 1.82) is 5.26 Å². The minimum atomic E-state index is -1.07. The quantitative estimate of drug-likeness (QED) is 0.848. The second-order valence-electron chi connectivity index (χ2n) is 3.62. The third kappa shape index (κ3) is 2.97. The van der Waals surface area contributed by atoms with E-state index in [9.17, 15) is 4.79 Å². The minimum absolute atomic E-state index is 0.0483. The van der Waals surface area contributed by atoms with Crippen molar-refractivity contribution in [2.75, 3.05) is 6.61 Å². The zero-order valence-corrected chi connectivity index (χ0v) is 9.99. The molecule has 90 valence electrons. The van der Waals surface area contributed by atoms with E-state index >= 15 is 0 Å². The molecule has 0 aliphatic heterocycles. The summed E-state index contributed by atoms with van der Waals surface area (Å²) in [6, 6.07) is 5.04. The van der Waals surface area contributed by atoms with Crippen molar-refractivity contribution in [2.45, 2.75) is 26.7 Å². The number of carboxylic acids is 1. The van der Waals surface area contributed by atoms with Crippen molar-refractivity contribution in [3.05, 3.63) is 28.8 Å². The molecule has 0 aliphatic carbocycles. The van der Waals surface area contributed by atoms with Crippen LogP contribution in [0.1, 0.15) is 41.8 Å². The standard InChI is InChI=1S/C13H15NO3/c1-3-5-17-12-7-9(4-2)10(8-14)6-11(12)13(15)16/h6-7H,3-5H2,1-2H3,(H,15,16). The first-order chi connectivity index (χ1) is 8.13. The number of hydrogen-bond donors (Lipinski definition) is 1. The van der Waals surface area contributed by atoms with Crippen molar-refractivity contribution in [3.63, 3.8) is 0 Å². The molecule has 0 unspecified atom stereocenters. The van der Waals surface area contributed by atoms with E-state index in [1.165, 1.54) is 6.07 Å². The first-order valence-corrected chi connectivity index (χ1v) is 5.57. The number of nitriles is 1. The molecule has 0 amide bonds. The number of benzene rings is 1. The molecule has 0 radical (unpaired) electrons. The summed E-state index contributed by atoms with van der Waals surface area (Å²) in [6.45, 7) is 4.33. The number of rotatable bonds is 5. The van der Waals surface area contributed by atoms with Gasteiger partial charge in [-0.2, -0.15) is 5.26 Å². The van der Waals surface area contributed by atoms with Gasteiger partial charge in [0.15, 0.2) is 0 Å². The first-order valence-electron chi connectivity index (χ1n) is 5.57. The van der Waals surface area contributed by atoms with Crippen LogP contribution in [0.2, 0.25) is 0 Å². The Kier molecular flexibility index (Phi) is 4.53. The molecular formula is C13H15NO3. The predicted octanol–water partition coefficient (Wildman–Crippen LogP) is 2.61. The molecule has 0 aliphatic rings. The maximum absolute atomic E-state index is 11.1. The molecule has 0 heterocycles. The van der Waals surface area contributed by atoms with Gasteiger partial charge in [-0.25, -0.2) is 4.79 Å². The van der Waals surface area contributed by atoms with E-state index in [-0.39, 0.29) is 5.56 Å². The van der Waals surface area contributed by atoms with Gasteiger partial charge in [0, 0.05) is 0 Å². The summed E-state index contributed by atoms with van der Waals surface area (Å²) < 4.78 is 5.40. The molecule has 1 aromatic rings. The van der Waals surface area contributed by atoms with Crippen LogP contribution in [0.25, 0.3) is 0 Å². The number of nitrogens with zero attached hydrogens (tertiary/aromatic N) is 1. The number of carboxylic acid groups (broad SMARTS) is 1. The summed E-state index contributed by atoms with van der Waals surface area (Å²) in [5, 5.41) is 18.0. The minimum Gasteiger partial charge on any atom is -0.493 e. The lowest BCUT2D eigenvalue weighted by Gasteiger charge is -2.11. The van der Waals surface area contributed by atoms with E-state index in [0.717, 1.165) is 12.0 Å². The maximum Gasteiger partial charge on any atom is 0.339 e. The van der Waals surface area contributed by atoms with Crippen LogP contribution in [-0.2, 0) is 6.42 Å². The van der Waals surface area contributed by atoms with E-state index in [4.69, 9.17) is 15.1 Å². The Labute approximate surface area is 100 Å². The lowest BCUT2D eigenvalue weighted by atomic mass is 10.0. The van der Waals surface area contributed by atoms with Gasteiger partial charge in [0.05, 0.1) is 18.2 Å². The molecule has 0 fully saturated rings. The molecule has 1 aromatic carbocycles. The predicted molar refractivity (Wildman–Crippen MR) is 63.3 cm³/mol. The third-order valence-electron chi connectivity index (χ3n) is 2.40. The smallest absolute Gasteiger partial charge is 0.339 e. The fraction of sp³-hybridized carbons (Fsp3) is 0.385. The highest BCUT2D eigenvalue weighted by Crippen LogP contribution is 2.24. The average molecular weight is 233 g/mol. The zero-order valence-electron chi connectivity index (χ0n) is 9.99. The van der Waals surface area contributed by atoms with Gasteiger partial charge in [0.2, 0.25) is 0 Å². The highest BCUT2D eigenvalue weighted by atomic mass is 16.5. The summed E-state index contributed by atoms with van der Waals surface area (Å²) in [5.74, 6) is -0.731. The Bertz CT molecular complexity index is 460. The molecular weight excluding hydrogens is 218 g/mol. The number of aromatic carboxylic acids is 1. The summed E-state index contributed by atoms with van der Waals surface area (Å²) in [4.78, 5) is 11.1. The number of ether oxygens (including phenoxy) is 1. The first kappa shape index (κ1) is 13.0. The van der Waals surface area contributed by atoms with E-state index in [0.29, 0.717) is 24.3 Å². The van der Waals surface area contributed by atoms with Crippen molar-refractivity contribution >= 4 is 5.97 Å². The van der Waals surface area contributed by atoms with E-state index in [2.05, 4.69) is 0 Å². The monoisotopic (exact) mass is 233 g/mol. The molecule has 0 bridgehead atoms. The van der Waals surface area contributed by atoms with Gasteiger partial charge < -0.3 is 9.84 Å². The molecule has 1 rings (SSSR count). The van der Waals surface area contributed by atoms with Crippen LogP contribution >= 0.6 is 0 Å². The van der Waals surface area contributed by atoms with Crippen LogP contribution in [0.15, 0.2) is 12.1 Å². The van der Waals surface area contributed by atoms with Crippen molar-refractivity contribution < 1.29 is 14.6 Å². The van der Waals surface area contributed by atoms with Crippen LogP contribution in [0.4, 0.5) is 0 Å². The van der Waals surface area contributed by atoms with Crippen LogP contribution in [0.3, 0.4) is 0 Å². The second-order valence-corrected chi connectivity index (χ2v) is 3.62. The lowest BCUT2D eigenvalue weighted by Crippen LogP contribution is -2.06. The second kappa shape index (κ2) is 5.90. The van der Waals surface area contributed by atoms with Crippen LogP contribution in [0.5, 0.6) is 5.75 Å². The van der Waals surface area contributed by atoms with Crippen LogP contribution in [0, 0.1) is 11.3 Å². The van der Waals surface area contributed by atoms with E-state index < -0.39 is 5.97 Å². The van der Waals surface area contributed by atoms with Gasteiger partial charge in [-0.3, -0.25) is 0 Å². The third-order valence-corrected chi connectivity index (χ3v) is 2.40. The largest absolute Gasteiger partial charge is 0.493 e.